The molecule has 1 atom stereocenters. The Kier molecular flexibility index (Phi) is 4.43. The molecule has 0 aliphatic carbocycles. The molecule has 3 nitrogen and oxygen atoms in total. The molecule has 23 heavy (non-hydrogen) atoms. The van der Waals surface area contributed by atoms with Crippen LogP contribution in [0.5, 0.6) is 11.5 Å². The molecule has 1 aliphatic rings. The van der Waals surface area contributed by atoms with Gasteiger partial charge in [-0.15, -0.1) is 0 Å². The summed E-state index contributed by atoms with van der Waals surface area (Å²) in [7, 11) is 0. The first-order valence-electron chi connectivity index (χ1n) is 7.38. The maximum atomic E-state index is 12.7. The number of ether oxygens (including phenoxy) is 2. The fourth-order valence-corrected chi connectivity index (χ4v) is 2.49. The molecular weight excluding hydrogens is 307 g/mol. The maximum absolute atomic E-state index is 12.7. The Morgan fingerprint density at radius 3 is 2.61 bits per heavy atom. The van der Waals surface area contributed by atoms with Gasteiger partial charge in [0.1, 0.15) is 19.7 Å². The summed E-state index contributed by atoms with van der Waals surface area (Å²) >= 11 is 0. The number of nitrogens with two attached hydrogens (primary N) is 1. The van der Waals surface area contributed by atoms with Gasteiger partial charge in [-0.05, 0) is 24.3 Å². The lowest BCUT2D eigenvalue weighted by atomic mass is 10.1. The van der Waals surface area contributed by atoms with Crippen molar-refractivity contribution in [3.05, 3.63) is 59.7 Å². The summed E-state index contributed by atoms with van der Waals surface area (Å²) in [4.78, 5) is 0. The number of halogens is 3. The quantitative estimate of drug-likeness (QED) is 0.938. The number of benzene rings is 2. The van der Waals surface area contributed by atoms with E-state index in [-0.39, 0.29) is 6.10 Å². The van der Waals surface area contributed by atoms with Crippen LogP contribution >= 0.6 is 0 Å². The van der Waals surface area contributed by atoms with Crippen molar-refractivity contribution in [3.63, 3.8) is 0 Å². The zero-order chi connectivity index (χ0) is 16.3. The Bertz CT molecular complexity index is 673. The van der Waals surface area contributed by atoms with E-state index >= 15 is 0 Å². The molecule has 6 heteroatoms. The van der Waals surface area contributed by atoms with Gasteiger partial charge in [-0.25, -0.2) is 0 Å². The SMILES string of the molecule is FC(F)(F)c1cccc(C[NH2+]C[C@@H]2COc3ccccc3O2)c1. The van der Waals surface area contributed by atoms with Gasteiger partial charge in [-0.2, -0.15) is 13.2 Å². The van der Waals surface area contributed by atoms with Crippen LogP contribution in [0, 0.1) is 0 Å². The number of para-hydroxylation sites is 2. The minimum atomic E-state index is -4.31. The van der Waals surface area contributed by atoms with Gasteiger partial charge in [-0.1, -0.05) is 24.3 Å². The van der Waals surface area contributed by atoms with Crippen LogP contribution < -0.4 is 14.8 Å². The first kappa shape index (κ1) is 15.7. The van der Waals surface area contributed by atoms with Gasteiger partial charge in [-0.3, -0.25) is 0 Å². The molecule has 0 unspecified atom stereocenters. The highest BCUT2D eigenvalue weighted by molar-refractivity contribution is 5.40. The number of fused-ring (bicyclic) bond motifs is 1. The summed E-state index contributed by atoms with van der Waals surface area (Å²) in [5, 5.41) is 1.93. The second kappa shape index (κ2) is 6.50. The van der Waals surface area contributed by atoms with E-state index in [0.29, 0.717) is 31.0 Å². The second-order valence-corrected chi connectivity index (χ2v) is 5.42. The summed E-state index contributed by atoms with van der Waals surface area (Å²) in [6.45, 7) is 1.52. The maximum Gasteiger partial charge on any atom is 0.416 e. The molecule has 2 aromatic carbocycles. The smallest absolute Gasteiger partial charge is 0.416 e. The zero-order valence-corrected chi connectivity index (χ0v) is 12.3. The number of hydrogen-bond donors (Lipinski definition) is 1. The lowest BCUT2D eigenvalue weighted by molar-refractivity contribution is -0.676. The first-order chi connectivity index (χ1) is 11.0. The van der Waals surface area contributed by atoms with Crippen LogP contribution in [0.3, 0.4) is 0 Å². The number of alkyl halides is 3. The fraction of sp³-hybridized carbons (Fsp3) is 0.294. The highest BCUT2D eigenvalue weighted by Gasteiger charge is 2.30. The molecule has 1 heterocycles. The molecule has 1 aliphatic heterocycles. The summed E-state index contributed by atoms with van der Waals surface area (Å²) < 4.78 is 49.4. The van der Waals surface area contributed by atoms with Crippen molar-refractivity contribution in [3.8, 4) is 11.5 Å². The van der Waals surface area contributed by atoms with Crippen molar-refractivity contribution in [2.45, 2.75) is 18.8 Å². The molecular formula is C17H17F3NO2+. The van der Waals surface area contributed by atoms with Gasteiger partial charge in [0.2, 0.25) is 0 Å². The van der Waals surface area contributed by atoms with E-state index in [4.69, 9.17) is 9.47 Å². The molecule has 2 N–H and O–H groups in total. The molecule has 3 rings (SSSR count). The zero-order valence-electron chi connectivity index (χ0n) is 12.3. The van der Waals surface area contributed by atoms with Crippen molar-refractivity contribution < 1.29 is 28.0 Å². The lowest BCUT2D eigenvalue weighted by Gasteiger charge is -2.25. The Hall–Kier alpha value is -2.21. The molecule has 0 saturated heterocycles. The van der Waals surface area contributed by atoms with Gasteiger partial charge in [0.25, 0.3) is 0 Å². The predicted octanol–water partition coefficient (Wildman–Crippen LogP) is 2.61. The Labute approximate surface area is 132 Å². The van der Waals surface area contributed by atoms with E-state index in [9.17, 15) is 13.2 Å². The Morgan fingerprint density at radius 1 is 1.04 bits per heavy atom. The molecule has 0 fully saturated rings. The van der Waals surface area contributed by atoms with Crippen LogP contribution in [-0.2, 0) is 12.7 Å². The van der Waals surface area contributed by atoms with Gasteiger partial charge in [0, 0.05) is 5.56 Å². The highest BCUT2D eigenvalue weighted by Crippen LogP contribution is 2.31. The van der Waals surface area contributed by atoms with Gasteiger partial charge in [0.05, 0.1) is 5.56 Å². The molecule has 0 bridgehead atoms. The molecule has 122 valence electrons. The third kappa shape index (κ3) is 3.96. The largest absolute Gasteiger partial charge is 0.486 e. The number of rotatable bonds is 4. The van der Waals surface area contributed by atoms with E-state index in [0.717, 1.165) is 11.8 Å². The third-order valence-corrected chi connectivity index (χ3v) is 3.63. The number of hydrogen-bond acceptors (Lipinski definition) is 2. The first-order valence-corrected chi connectivity index (χ1v) is 7.38. The van der Waals surface area contributed by atoms with Gasteiger partial charge in [0.15, 0.2) is 17.6 Å². The number of quaternary nitrogens is 1. The lowest BCUT2D eigenvalue weighted by Crippen LogP contribution is -2.85. The molecule has 0 radical (unpaired) electrons. The average molecular weight is 324 g/mol. The Balaban J connectivity index is 1.53. The van der Waals surface area contributed by atoms with Crippen molar-refractivity contribution in [2.75, 3.05) is 13.2 Å². The van der Waals surface area contributed by atoms with Crippen LogP contribution in [0.2, 0.25) is 0 Å². The van der Waals surface area contributed by atoms with E-state index in [1.165, 1.54) is 12.1 Å². The van der Waals surface area contributed by atoms with Crippen LogP contribution in [0.4, 0.5) is 13.2 Å². The summed E-state index contributed by atoms with van der Waals surface area (Å²) in [5.74, 6) is 1.43. The standard InChI is InChI=1S/C17H16F3NO2/c18-17(19,20)13-5-3-4-12(8-13)9-21-10-14-11-22-15-6-1-2-7-16(15)23-14/h1-8,14,21H,9-11H2/p+1/t14-/m1/s1. The van der Waals surface area contributed by atoms with E-state index < -0.39 is 11.7 Å². The van der Waals surface area contributed by atoms with Gasteiger partial charge < -0.3 is 14.8 Å². The predicted molar refractivity (Wildman–Crippen MR) is 78.3 cm³/mol. The molecule has 2 aromatic rings. The average Bonchev–Trinajstić information content (AvgIpc) is 2.54. The Morgan fingerprint density at radius 2 is 1.83 bits per heavy atom. The van der Waals surface area contributed by atoms with Crippen molar-refractivity contribution in [1.82, 2.24) is 0 Å². The van der Waals surface area contributed by atoms with Crippen molar-refractivity contribution >= 4 is 0 Å². The summed E-state index contributed by atoms with van der Waals surface area (Å²) in [5.41, 5.74) is 0.0199. The normalized spacial score (nSPS) is 17.1. The highest BCUT2D eigenvalue weighted by atomic mass is 19.4. The van der Waals surface area contributed by atoms with Gasteiger partial charge >= 0.3 is 6.18 Å². The summed E-state index contributed by atoms with van der Waals surface area (Å²) in [6.07, 6.45) is -4.42. The van der Waals surface area contributed by atoms with E-state index in [2.05, 4.69) is 0 Å². The van der Waals surface area contributed by atoms with E-state index in [1.807, 2.05) is 29.6 Å². The van der Waals surface area contributed by atoms with Crippen LogP contribution in [0.25, 0.3) is 0 Å². The van der Waals surface area contributed by atoms with Crippen LogP contribution in [0.1, 0.15) is 11.1 Å². The molecule has 0 amide bonds. The van der Waals surface area contributed by atoms with Crippen molar-refractivity contribution in [2.24, 2.45) is 0 Å². The third-order valence-electron chi connectivity index (χ3n) is 3.63. The topological polar surface area (TPSA) is 35.1 Å². The second-order valence-electron chi connectivity index (χ2n) is 5.42. The molecule has 0 saturated carbocycles. The van der Waals surface area contributed by atoms with Crippen LogP contribution in [-0.4, -0.2) is 19.3 Å². The monoisotopic (exact) mass is 324 g/mol. The van der Waals surface area contributed by atoms with Crippen molar-refractivity contribution in [1.29, 1.82) is 0 Å². The minimum Gasteiger partial charge on any atom is -0.486 e. The molecule has 0 spiro atoms. The summed E-state index contributed by atoms with van der Waals surface area (Å²) in [6, 6.07) is 12.8. The molecule has 0 aromatic heterocycles. The van der Waals surface area contributed by atoms with E-state index in [1.54, 1.807) is 6.07 Å². The van der Waals surface area contributed by atoms with Crippen LogP contribution in [0.15, 0.2) is 48.5 Å². The minimum absolute atomic E-state index is 0.115. The fourth-order valence-electron chi connectivity index (χ4n) is 2.49.